The first-order valence-corrected chi connectivity index (χ1v) is 8.75. The van der Waals surface area contributed by atoms with E-state index in [2.05, 4.69) is 18.4 Å². The topological polar surface area (TPSA) is 46.3 Å². The average molecular weight is 319 g/mol. The summed E-state index contributed by atoms with van der Waals surface area (Å²) in [5.74, 6) is 1.14. The van der Waals surface area contributed by atoms with Gasteiger partial charge in [0.1, 0.15) is 0 Å². The monoisotopic (exact) mass is 318 g/mol. The molecule has 116 valence electrons. The molecule has 1 aliphatic carbocycles. The molecule has 0 aromatic rings. The molecule has 20 heavy (non-hydrogen) atoms. The Balaban J connectivity index is 0.00000200. The van der Waals surface area contributed by atoms with E-state index in [1.54, 1.807) is 11.8 Å². The van der Waals surface area contributed by atoms with Gasteiger partial charge < -0.3 is 10.6 Å². The number of amides is 1. The van der Waals surface area contributed by atoms with Crippen molar-refractivity contribution >= 4 is 30.1 Å². The van der Waals surface area contributed by atoms with Crippen molar-refractivity contribution in [3.63, 3.8) is 0 Å². The normalized spacial score (nSPS) is 27.2. The number of carbonyl (C=O) groups is 1. The van der Waals surface area contributed by atoms with Gasteiger partial charge in [-0.15, -0.1) is 12.4 Å². The predicted molar refractivity (Wildman–Crippen MR) is 89.5 cm³/mol. The third-order valence-electron chi connectivity index (χ3n) is 4.48. The van der Waals surface area contributed by atoms with Gasteiger partial charge in [0, 0.05) is 13.1 Å². The molecule has 0 radical (unpaired) electrons. The van der Waals surface area contributed by atoms with E-state index < -0.39 is 0 Å². The van der Waals surface area contributed by atoms with Crippen LogP contribution in [0.1, 0.15) is 38.5 Å². The van der Waals surface area contributed by atoms with Gasteiger partial charge in [-0.05, 0) is 55.9 Å². The highest BCUT2D eigenvalue weighted by Crippen LogP contribution is 2.40. The molecular formula is C15H27ClN2OS. The second kappa shape index (κ2) is 8.30. The molecular weight excluding hydrogens is 292 g/mol. The van der Waals surface area contributed by atoms with Crippen molar-refractivity contribution in [3.8, 4) is 0 Å². The molecule has 2 rings (SSSR count). The Morgan fingerprint density at radius 2 is 2.25 bits per heavy atom. The van der Waals surface area contributed by atoms with E-state index in [0.717, 1.165) is 38.1 Å². The first-order chi connectivity index (χ1) is 9.17. The highest BCUT2D eigenvalue weighted by molar-refractivity contribution is 7.98. The zero-order chi connectivity index (χ0) is 13.7. The number of thioether (sulfide) groups is 1. The number of halogens is 1. The van der Waals surface area contributed by atoms with Gasteiger partial charge >= 0.3 is 0 Å². The average Bonchev–Trinajstić information content (AvgIpc) is 2.45. The van der Waals surface area contributed by atoms with Crippen molar-refractivity contribution in [1.29, 1.82) is 0 Å². The fourth-order valence-electron chi connectivity index (χ4n) is 3.31. The Labute approximate surface area is 133 Å². The number of nitrogens with zero attached hydrogens (tertiary/aromatic N) is 1. The summed E-state index contributed by atoms with van der Waals surface area (Å²) in [7, 11) is 0. The van der Waals surface area contributed by atoms with Crippen LogP contribution in [0.3, 0.4) is 0 Å². The minimum Gasteiger partial charge on any atom is -0.341 e. The number of nitrogens with two attached hydrogens (primary N) is 1. The number of piperidine rings is 1. The molecule has 3 nitrogen and oxygen atoms in total. The summed E-state index contributed by atoms with van der Waals surface area (Å²) in [4.78, 5) is 14.4. The number of hydrogen-bond acceptors (Lipinski definition) is 3. The fraction of sp³-hybridized carbons (Fsp3) is 0.800. The van der Waals surface area contributed by atoms with E-state index in [9.17, 15) is 4.79 Å². The molecule has 0 bridgehead atoms. The van der Waals surface area contributed by atoms with E-state index in [1.807, 2.05) is 4.90 Å². The number of likely N-dealkylation sites (tertiary alicyclic amines) is 1. The second-order valence-corrected chi connectivity index (χ2v) is 6.95. The summed E-state index contributed by atoms with van der Waals surface area (Å²) in [6, 6.07) is -0.304. The van der Waals surface area contributed by atoms with Gasteiger partial charge in [-0.3, -0.25) is 4.79 Å². The van der Waals surface area contributed by atoms with Crippen LogP contribution in [0.25, 0.3) is 0 Å². The van der Waals surface area contributed by atoms with Crippen LogP contribution in [0.15, 0.2) is 12.2 Å². The van der Waals surface area contributed by atoms with Crippen molar-refractivity contribution in [2.75, 3.05) is 25.1 Å². The smallest absolute Gasteiger partial charge is 0.239 e. The zero-order valence-corrected chi connectivity index (χ0v) is 14.0. The Bertz CT molecular complexity index is 351. The van der Waals surface area contributed by atoms with Crippen LogP contribution >= 0.6 is 24.2 Å². The third-order valence-corrected chi connectivity index (χ3v) is 5.13. The largest absolute Gasteiger partial charge is 0.341 e. The standard InChI is InChI=1S/C15H26N2OS.ClH/c1-19-11-6-13(16)14(18)17-10-5-9-15(12-17)7-3-2-4-8-15;/h2-3,13H,4-12,16H2,1H3;1H/t13-,15?;/m0./s1. The van der Waals surface area contributed by atoms with Crippen LogP contribution in [-0.4, -0.2) is 41.9 Å². The zero-order valence-electron chi connectivity index (χ0n) is 12.3. The second-order valence-electron chi connectivity index (χ2n) is 5.97. The minimum atomic E-state index is -0.304. The van der Waals surface area contributed by atoms with Crippen LogP contribution in [0.5, 0.6) is 0 Å². The van der Waals surface area contributed by atoms with E-state index in [0.29, 0.717) is 5.41 Å². The maximum absolute atomic E-state index is 12.4. The quantitative estimate of drug-likeness (QED) is 0.811. The predicted octanol–water partition coefficient (Wildman–Crippen LogP) is 2.84. The van der Waals surface area contributed by atoms with Gasteiger partial charge in [0.2, 0.25) is 5.91 Å². The molecule has 0 aromatic heterocycles. The number of carbonyl (C=O) groups excluding carboxylic acids is 1. The third kappa shape index (κ3) is 4.40. The van der Waals surface area contributed by atoms with Crippen molar-refractivity contribution in [2.45, 2.75) is 44.6 Å². The maximum Gasteiger partial charge on any atom is 0.239 e. The minimum absolute atomic E-state index is 0. The Kier molecular flexibility index (Phi) is 7.41. The molecule has 0 saturated carbocycles. The SMILES string of the molecule is CSCC[C@H](N)C(=O)N1CCCC2(CC=CCC2)C1.Cl. The van der Waals surface area contributed by atoms with Crippen molar-refractivity contribution < 1.29 is 4.79 Å². The van der Waals surface area contributed by atoms with Crippen LogP contribution in [0, 0.1) is 5.41 Å². The molecule has 1 heterocycles. The molecule has 1 amide bonds. The summed E-state index contributed by atoms with van der Waals surface area (Å²) in [6.45, 7) is 1.82. The molecule has 1 fully saturated rings. The summed E-state index contributed by atoms with van der Waals surface area (Å²) in [6.07, 6.45) is 13.4. The molecule has 1 aliphatic heterocycles. The summed E-state index contributed by atoms with van der Waals surface area (Å²) in [5, 5.41) is 0. The number of rotatable bonds is 4. The van der Waals surface area contributed by atoms with Gasteiger partial charge in [-0.25, -0.2) is 0 Å². The molecule has 2 aliphatic rings. The van der Waals surface area contributed by atoms with E-state index in [1.165, 1.54) is 19.3 Å². The Hall–Kier alpha value is -0.190. The Morgan fingerprint density at radius 1 is 1.45 bits per heavy atom. The Morgan fingerprint density at radius 3 is 2.90 bits per heavy atom. The molecule has 2 N–H and O–H groups in total. The summed E-state index contributed by atoms with van der Waals surface area (Å²) >= 11 is 1.76. The van der Waals surface area contributed by atoms with Crippen LogP contribution in [0.2, 0.25) is 0 Å². The van der Waals surface area contributed by atoms with Crippen molar-refractivity contribution in [2.24, 2.45) is 11.1 Å². The van der Waals surface area contributed by atoms with E-state index in [4.69, 9.17) is 5.73 Å². The number of allylic oxidation sites excluding steroid dienone is 2. The summed E-state index contributed by atoms with van der Waals surface area (Å²) < 4.78 is 0. The van der Waals surface area contributed by atoms with Gasteiger partial charge in [0.15, 0.2) is 0 Å². The maximum atomic E-state index is 12.4. The van der Waals surface area contributed by atoms with E-state index in [-0.39, 0.29) is 24.4 Å². The highest BCUT2D eigenvalue weighted by Gasteiger charge is 2.37. The summed E-state index contributed by atoms with van der Waals surface area (Å²) in [5.41, 5.74) is 6.38. The fourth-order valence-corrected chi connectivity index (χ4v) is 3.80. The van der Waals surface area contributed by atoms with Gasteiger partial charge in [0.05, 0.1) is 6.04 Å². The lowest BCUT2D eigenvalue weighted by atomic mass is 9.71. The highest BCUT2D eigenvalue weighted by atomic mass is 35.5. The van der Waals surface area contributed by atoms with Crippen molar-refractivity contribution in [1.82, 2.24) is 4.90 Å². The van der Waals surface area contributed by atoms with Gasteiger partial charge in [-0.1, -0.05) is 12.2 Å². The first-order valence-electron chi connectivity index (χ1n) is 7.35. The van der Waals surface area contributed by atoms with Crippen LogP contribution in [-0.2, 0) is 4.79 Å². The lowest BCUT2D eigenvalue weighted by molar-refractivity contribution is -0.136. The molecule has 1 unspecified atom stereocenters. The molecule has 0 aromatic carbocycles. The number of hydrogen-bond donors (Lipinski definition) is 1. The lowest BCUT2D eigenvalue weighted by Crippen LogP contribution is -2.51. The van der Waals surface area contributed by atoms with Crippen LogP contribution in [0.4, 0.5) is 0 Å². The van der Waals surface area contributed by atoms with Crippen molar-refractivity contribution in [3.05, 3.63) is 12.2 Å². The molecule has 1 spiro atoms. The van der Waals surface area contributed by atoms with Gasteiger partial charge in [-0.2, -0.15) is 11.8 Å². The first kappa shape index (κ1) is 17.9. The molecule has 2 atom stereocenters. The molecule has 5 heteroatoms. The molecule has 1 saturated heterocycles. The lowest BCUT2D eigenvalue weighted by Gasteiger charge is -2.44. The van der Waals surface area contributed by atoms with Gasteiger partial charge in [0.25, 0.3) is 0 Å². The van der Waals surface area contributed by atoms with E-state index >= 15 is 0 Å². The van der Waals surface area contributed by atoms with Crippen LogP contribution < -0.4 is 5.73 Å².